The highest BCUT2D eigenvalue weighted by Gasteiger charge is 2.13. The minimum absolute atomic E-state index is 0.471. The van der Waals surface area contributed by atoms with Crippen LogP contribution in [0.15, 0.2) is 27.1 Å². The first-order chi connectivity index (χ1) is 10.2. The minimum Gasteiger partial charge on any atom is -0.310 e. The summed E-state index contributed by atoms with van der Waals surface area (Å²) in [5, 5.41) is 3.70. The van der Waals surface area contributed by atoms with E-state index >= 15 is 0 Å². The number of halogens is 2. The van der Waals surface area contributed by atoms with E-state index in [1.54, 1.807) is 0 Å². The summed E-state index contributed by atoms with van der Waals surface area (Å²) in [6, 6.07) is 7.00. The van der Waals surface area contributed by atoms with Gasteiger partial charge in [0.05, 0.1) is 0 Å². The lowest BCUT2D eigenvalue weighted by atomic mass is 9.99. The topological polar surface area (TPSA) is 12.0 Å². The van der Waals surface area contributed by atoms with Gasteiger partial charge in [-0.1, -0.05) is 90.3 Å². The summed E-state index contributed by atoms with van der Waals surface area (Å²) in [6.07, 6.45) is 10.6. The number of benzene rings is 1. The van der Waals surface area contributed by atoms with E-state index in [-0.39, 0.29) is 0 Å². The summed E-state index contributed by atoms with van der Waals surface area (Å²) in [7, 11) is 0. The molecule has 1 nitrogen and oxygen atoms in total. The maximum Gasteiger partial charge on any atom is 0.0331 e. The van der Waals surface area contributed by atoms with Gasteiger partial charge in [0.25, 0.3) is 0 Å². The molecule has 0 aliphatic heterocycles. The van der Waals surface area contributed by atoms with Crippen LogP contribution in [-0.4, -0.2) is 6.54 Å². The third-order valence-corrected chi connectivity index (χ3v) is 5.01. The molecule has 0 aromatic heterocycles. The molecule has 3 heteroatoms. The van der Waals surface area contributed by atoms with Gasteiger partial charge in [-0.2, -0.15) is 0 Å². The Kier molecular flexibility index (Phi) is 10.7. The van der Waals surface area contributed by atoms with Crippen molar-refractivity contribution in [3.8, 4) is 0 Å². The fourth-order valence-electron chi connectivity index (χ4n) is 2.60. The molecule has 0 bridgehead atoms. The molecule has 1 atom stereocenters. The van der Waals surface area contributed by atoms with Crippen LogP contribution in [0.5, 0.6) is 0 Å². The fourth-order valence-corrected chi connectivity index (χ4v) is 3.92. The highest BCUT2D eigenvalue weighted by Crippen LogP contribution is 2.30. The average Bonchev–Trinajstić information content (AvgIpc) is 2.46. The Balaban J connectivity index is 2.50. The fraction of sp³-hybridized carbons (Fsp3) is 0.667. The lowest BCUT2D eigenvalue weighted by Gasteiger charge is -2.20. The molecule has 1 aromatic rings. The van der Waals surface area contributed by atoms with E-state index < -0.39 is 0 Å². The zero-order valence-corrected chi connectivity index (χ0v) is 16.6. The molecule has 0 fully saturated rings. The van der Waals surface area contributed by atoms with Gasteiger partial charge in [-0.05, 0) is 37.1 Å². The van der Waals surface area contributed by atoms with Gasteiger partial charge in [0.2, 0.25) is 0 Å². The molecule has 0 aliphatic carbocycles. The summed E-state index contributed by atoms with van der Waals surface area (Å²) in [4.78, 5) is 0. The highest BCUT2D eigenvalue weighted by molar-refractivity contribution is 9.11. The molecule has 0 amide bonds. The Bertz CT molecular complexity index is 393. The van der Waals surface area contributed by atoms with Crippen LogP contribution in [0, 0.1) is 0 Å². The lowest BCUT2D eigenvalue weighted by Crippen LogP contribution is -2.22. The number of hydrogen-bond acceptors (Lipinski definition) is 1. The molecule has 0 spiro atoms. The first kappa shape index (κ1) is 19.2. The number of hydrogen-bond donors (Lipinski definition) is 1. The van der Waals surface area contributed by atoms with Crippen LogP contribution in [0.4, 0.5) is 0 Å². The molecular weight excluding hydrogens is 390 g/mol. The number of unbranched alkanes of at least 4 members (excludes halogenated alkanes) is 5. The molecule has 1 rings (SSSR count). The second kappa shape index (κ2) is 11.7. The Morgan fingerprint density at radius 1 is 0.952 bits per heavy atom. The smallest absolute Gasteiger partial charge is 0.0331 e. The van der Waals surface area contributed by atoms with Crippen LogP contribution in [0.1, 0.15) is 76.8 Å². The van der Waals surface area contributed by atoms with Gasteiger partial charge in [0.15, 0.2) is 0 Å². The van der Waals surface area contributed by atoms with Gasteiger partial charge in [0.1, 0.15) is 0 Å². The number of rotatable bonds is 11. The van der Waals surface area contributed by atoms with Crippen LogP contribution < -0.4 is 5.32 Å². The van der Waals surface area contributed by atoms with E-state index in [0.717, 1.165) is 11.0 Å². The molecule has 0 heterocycles. The van der Waals surface area contributed by atoms with E-state index in [9.17, 15) is 0 Å². The van der Waals surface area contributed by atoms with Gasteiger partial charge in [-0.25, -0.2) is 0 Å². The molecule has 0 radical (unpaired) electrons. The summed E-state index contributed by atoms with van der Waals surface area (Å²) in [5.41, 5.74) is 1.39. The lowest BCUT2D eigenvalue weighted by molar-refractivity contribution is 0.465. The van der Waals surface area contributed by atoms with Gasteiger partial charge in [0, 0.05) is 15.0 Å². The van der Waals surface area contributed by atoms with E-state index in [1.165, 1.54) is 61.4 Å². The van der Waals surface area contributed by atoms with Crippen LogP contribution in [0.3, 0.4) is 0 Å². The van der Waals surface area contributed by atoms with Crippen molar-refractivity contribution in [3.05, 3.63) is 32.7 Å². The quantitative estimate of drug-likeness (QED) is 0.381. The summed E-state index contributed by atoms with van der Waals surface area (Å²) in [6.45, 7) is 5.59. The van der Waals surface area contributed by atoms with Crippen LogP contribution in [0.25, 0.3) is 0 Å². The van der Waals surface area contributed by atoms with Crippen molar-refractivity contribution in [1.82, 2.24) is 5.32 Å². The molecule has 0 saturated carbocycles. The predicted octanol–water partition coefficient (Wildman–Crippen LogP) is 7.00. The van der Waals surface area contributed by atoms with Gasteiger partial charge in [-0.15, -0.1) is 0 Å². The SMILES string of the molecule is CCCCCCCCC(NCCC)c1ccc(Br)cc1Br. The molecule has 0 aliphatic rings. The maximum atomic E-state index is 3.71. The average molecular weight is 419 g/mol. The Labute approximate surface area is 147 Å². The maximum absolute atomic E-state index is 3.71. The molecule has 1 aromatic carbocycles. The summed E-state index contributed by atoms with van der Waals surface area (Å²) in [5.74, 6) is 0. The van der Waals surface area contributed by atoms with Crippen molar-refractivity contribution in [2.24, 2.45) is 0 Å². The van der Waals surface area contributed by atoms with Gasteiger partial charge < -0.3 is 5.32 Å². The van der Waals surface area contributed by atoms with Crippen molar-refractivity contribution in [1.29, 1.82) is 0 Å². The normalized spacial score (nSPS) is 12.6. The van der Waals surface area contributed by atoms with Crippen LogP contribution in [-0.2, 0) is 0 Å². The largest absolute Gasteiger partial charge is 0.310 e. The minimum atomic E-state index is 0.471. The molecule has 1 unspecified atom stereocenters. The standard InChI is InChI=1S/C18H29Br2N/c1-3-5-6-7-8-9-10-18(21-13-4-2)16-12-11-15(19)14-17(16)20/h11-12,14,18,21H,3-10,13H2,1-2H3. The molecule has 21 heavy (non-hydrogen) atoms. The first-order valence-corrected chi connectivity index (χ1v) is 9.96. The summed E-state index contributed by atoms with van der Waals surface area (Å²) < 4.78 is 2.34. The zero-order valence-electron chi connectivity index (χ0n) is 13.4. The van der Waals surface area contributed by atoms with Crippen LogP contribution >= 0.6 is 31.9 Å². The monoisotopic (exact) mass is 417 g/mol. The molecular formula is C18H29Br2N. The van der Waals surface area contributed by atoms with E-state index in [0.29, 0.717) is 6.04 Å². The zero-order chi connectivity index (χ0) is 15.5. The van der Waals surface area contributed by atoms with Crippen molar-refractivity contribution < 1.29 is 0 Å². The third kappa shape index (κ3) is 7.80. The van der Waals surface area contributed by atoms with Gasteiger partial charge in [-0.3, -0.25) is 0 Å². The van der Waals surface area contributed by atoms with Crippen molar-refractivity contribution in [3.63, 3.8) is 0 Å². The van der Waals surface area contributed by atoms with Crippen molar-refractivity contribution >= 4 is 31.9 Å². The molecule has 1 N–H and O–H groups in total. The van der Waals surface area contributed by atoms with E-state index in [2.05, 4.69) is 69.2 Å². The third-order valence-electron chi connectivity index (χ3n) is 3.83. The number of nitrogens with one attached hydrogen (secondary N) is 1. The second-order valence-corrected chi connectivity index (χ2v) is 7.50. The Morgan fingerprint density at radius 2 is 1.67 bits per heavy atom. The molecule has 0 saturated heterocycles. The van der Waals surface area contributed by atoms with Crippen LogP contribution in [0.2, 0.25) is 0 Å². The van der Waals surface area contributed by atoms with Crippen molar-refractivity contribution in [2.75, 3.05) is 6.54 Å². The Morgan fingerprint density at radius 3 is 2.33 bits per heavy atom. The highest BCUT2D eigenvalue weighted by atomic mass is 79.9. The first-order valence-electron chi connectivity index (χ1n) is 8.37. The summed E-state index contributed by atoms with van der Waals surface area (Å²) >= 11 is 7.25. The predicted molar refractivity (Wildman–Crippen MR) is 101 cm³/mol. The van der Waals surface area contributed by atoms with E-state index in [4.69, 9.17) is 0 Å². The second-order valence-electron chi connectivity index (χ2n) is 5.73. The Hall–Kier alpha value is 0.140. The van der Waals surface area contributed by atoms with E-state index in [1.807, 2.05) is 0 Å². The molecule has 120 valence electrons. The van der Waals surface area contributed by atoms with Crippen molar-refractivity contribution in [2.45, 2.75) is 71.3 Å². The van der Waals surface area contributed by atoms with Gasteiger partial charge >= 0.3 is 0 Å².